The van der Waals surface area contributed by atoms with Crippen LogP contribution in [-0.2, 0) is 9.47 Å². The molecule has 1 aromatic rings. The van der Waals surface area contributed by atoms with E-state index in [1.807, 2.05) is 44.2 Å². The van der Waals surface area contributed by atoms with Crippen molar-refractivity contribution in [3.8, 4) is 6.07 Å². The molecular weight excluding hydrogens is 202 g/mol. The molecule has 0 aromatic heterocycles. The molecule has 0 radical (unpaired) electrons. The molecule has 16 heavy (non-hydrogen) atoms. The van der Waals surface area contributed by atoms with Gasteiger partial charge in [-0.15, -0.1) is 0 Å². The van der Waals surface area contributed by atoms with Crippen LogP contribution in [0.3, 0.4) is 0 Å². The first-order valence-electron chi connectivity index (χ1n) is 5.39. The number of nitriles is 1. The number of benzene rings is 1. The second kappa shape index (κ2) is 4.25. The lowest BCUT2D eigenvalue weighted by Crippen LogP contribution is -2.24. The highest BCUT2D eigenvalue weighted by atomic mass is 16.7. The predicted molar refractivity (Wildman–Crippen MR) is 59.7 cm³/mol. The lowest BCUT2D eigenvalue weighted by atomic mass is 9.95. The highest BCUT2D eigenvalue weighted by molar-refractivity contribution is 5.26. The summed E-state index contributed by atoms with van der Waals surface area (Å²) in [6.45, 7) is 4.21. The van der Waals surface area contributed by atoms with Crippen LogP contribution in [0, 0.1) is 11.3 Å². The molecule has 2 atom stereocenters. The minimum absolute atomic E-state index is 0.178. The number of hydrogen-bond donors (Lipinski definition) is 0. The van der Waals surface area contributed by atoms with E-state index in [4.69, 9.17) is 9.47 Å². The van der Waals surface area contributed by atoms with Crippen LogP contribution in [-0.4, -0.2) is 18.5 Å². The first-order valence-corrected chi connectivity index (χ1v) is 5.39. The molecule has 0 spiro atoms. The molecule has 0 N–H and O–H groups in total. The van der Waals surface area contributed by atoms with E-state index in [0.29, 0.717) is 6.61 Å². The van der Waals surface area contributed by atoms with Gasteiger partial charge >= 0.3 is 0 Å². The molecule has 1 fully saturated rings. The van der Waals surface area contributed by atoms with Crippen molar-refractivity contribution < 1.29 is 9.47 Å². The summed E-state index contributed by atoms with van der Waals surface area (Å²) < 4.78 is 11.2. The van der Waals surface area contributed by atoms with Crippen molar-refractivity contribution in [2.75, 3.05) is 6.61 Å². The molecular formula is C13H15NO2. The number of rotatable bonds is 2. The minimum Gasteiger partial charge on any atom is -0.348 e. The van der Waals surface area contributed by atoms with Gasteiger partial charge in [0.15, 0.2) is 5.79 Å². The molecule has 0 amide bonds. The van der Waals surface area contributed by atoms with Crippen molar-refractivity contribution in [1.82, 2.24) is 0 Å². The summed E-state index contributed by atoms with van der Waals surface area (Å²) in [5.74, 6) is -0.836. The third-order valence-corrected chi connectivity index (χ3v) is 2.70. The van der Waals surface area contributed by atoms with E-state index in [1.165, 1.54) is 0 Å². The Kier molecular flexibility index (Phi) is 2.95. The lowest BCUT2D eigenvalue weighted by molar-refractivity contribution is -0.139. The molecule has 2 rings (SSSR count). The molecule has 1 aliphatic heterocycles. The Hall–Kier alpha value is -1.37. The Morgan fingerprint density at radius 1 is 1.38 bits per heavy atom. The fraction of sp³-hybridized carbons (Fsp3) is 0.462. The van der Waals surface area contributed by atoms with Crippen LogP contribution < -0.4 is 0 Å². The van der Waals surface area contributed by atoms with Crippen LogP contribution in [0.15, 0.2) is 30.3 Å². The average molecular weight is 217 g/mol. The molecule has 3 heteroatoms. The summed E-state index contributed by atoms with van der Waals surface area (Å²) in [5, 5.41) is 9.22. The number of hydrogen-bond acceptors (Lipinski definition) is 3. The lowest BCUT2D eigenvalue weighted by Gasteiger charge is -2.19. The average Bonchev–Trinajstić information content (AvgIpc) is 2.62. The van der Waals surface area contributed by atoms with Crippen molar-refractivity contribution in [3.05, 3.63) is 35.9 Å². The van der Waals surface area contributed by atoms with Gasteiger partial charge in [-0.2, -0.15) is 5.26 Å². The quantitative estimate of drug-likeness (QED) is 0.764. The van der Waals surface area contributed by atoms with E-state index in [-0.39, 0.29) is 12.0 Å². The zero-order valence-electron chi connectivity index (χ0n) is 9.51. The number of ether oxygens (including phenoxy) is 2. The van der Waals surface area contributed by atoms with Crippen LogP contribution >= 0.6 is 0 Å². The van der Waals surface area contributed by atoms with Gasteiger partial charge in [0.05, 0.1) is 18.6 Å². The van der Waals surface area contributed by atoms with Crippen molar-refractivity contribution >= 4 is 0 Å². The molecule has 0 unspecified atom stereocenters. The highest BCUT2D eigenvalue weighted by Gasteiger charge is 2.38. The summed E-state index contributed by atoms with van der Waals surface area (Å²) >= 11 is 0. The summed E-state index contributed by atoms with van der Waals surface area (Å²) in [4.78, 5) is 0. The van der Waals surface area contributed by atoms with E-state index in [1.54, 1.807) is 0 Å². The Labute approximate surface area is 95.6 Å². The van der Waals surface area contributed by atoms with Crippen LogP contribution in [0.4, 0.5) is 0 Å². The zero-order valence-corrected chi connectivity index (χ0v) is 9.51. The van der Waals surface area contributed by atoms with Crippen LogP contribution in [0.2, 0.25) is 0 Å². The van der Waals surface area contributed by atoms with Crippen LogP contribution in [0.1, 0.15) is 25.3 Å². The Morgan fingerprint density at radius 2 is 2.06 bits per heavy atom. The van der Waals surface area contributed by atoms with Crippen molar-refractivity contribution in [2.24, 2.45) is 0 Å². The van der Waals surface area contributed by atoms with Crippen molar-refractivity contribution in [3.63, 3.8) is 0 Å². The zero-order chi connectivity index (χ0) is 11.6. The fourth-order valence-electron chi connectivity index (χ4n) is 1.91. The molecule has 0 saturated carbocycles. The normalized spacial score (nSPS) is 24.9. The Bertz CT molecular complexity index is 394. The van der Waals surface area contributed by atoms with E-state index in [2.05, 4.69) is 6.07 Å². The maximum atomic E-state index is 9.22. The maximum Gasteiger partial charge on any atom is 0.163 e. The van der Waals surface area contributed by atoms with Crippen LogP contribution in [0.25, 0.3) is 0 Å². The Morgan fingerprint density at radius 3 is 2.56 bits per heavy atom. The van der Waals surface area contributed by atoms with E-state index in [0.717, 1.165) is 5.56 Å². The van der Waals surface area contributed by atoms with Crippen molar-refractivity contribution in [1.29, 1.82) is 5.26 Å². The second-order valence-electron chi connectivity index (χ2n) is 4.38. The third-order valence-electron chi connectivity index (χ3n) is 2.70. The van der Waals surface area contributed by atoms with Crippen LogP contribution in [0.5, 0.6) is 0 Å². The van der Waals surface area contributed by atoms with E-state index in [9.17, 15) is 5.26 Å². The summed E-state index contributed by atoms with van der Waals surface area (Å²) in [6, 6.07) is 12.0. The second-order valence-corrected chi connectivity index (χ2v) is 4.38. The molecule has 1 saturated heterocycles. The minimum atomic E-state index is -0.575. The molecule has 0 bridgehead atoms. The van der Waals surface area contributed by atoms with E-state index >= 15 is 0 Å². The van der Waals surface area contributed by atoms with Gasteiger partial charge in [0.2, 0.25) is 0 Å². The van der Waals surface area contributed by atoms with Gasteiger partial charge < -0.3 is 9.47 Å². The van der Waals surface area contributed by atoms with Gasteiger partial charge in [0.1, 0.15) is 6.10 Å². The van der Waals surface area contributed by atoms with Gasteiger partial charge in [0.25, 0.3) is 0 Å². The van der Waals surface area contributed by atoms with Gasteiger partial charge in [0, 0.05) is 0 Å². The van der Waals surface area contributed by atoms with Crippen molar-refractivity contribution in [2.45, 2.75) is 31.7 Å². The third kappa shape index (κ3) is 2.24. The van der Waals surface area contributed by atoms with Gasteiger partial charge in [-0.05, 0) is 19.4 Å². The first-order chi connectivity index (χ1) is 7.62. The summed E-state index contributed by atoms with van der Waals surface area (Å²) in [7, 11) is 0. The highest BCUT2D eigenvalue weighted by Crippen LogP contribution is 2.31. The summed E-state index contributed by atoms with van der Waals surface area (Å²) in [5.41, 5.74) is 0.983. The molecule has 84 valence electrons. The largest absolute Gasteiger partial charge is 0.348 e. The fourth-order valence-corrected chi connectivity index (χ4v) is 1.91. The smallest absolute Gasteiger partial charge is 0.163 e. The molecule has 3 nitrogen and oxygen atoms in total. The molecule has 1 heterocycles. The standard InChI is InChI=1S/C13H15NO2/c1-13(2)15-9-12(16-13)11(8-14)10-6-4-3-5-7-10/h3-7,11-12H,9H2,1-2H3/t11-,12-/m0/s1. The maximum absolute atomic E-state index is 9.22. The number of nitrogens with zero attached hydrogens (tertiary/aromatic N) is 1. The Balaban J connectivity index is 2.17. The predicted octanol–water partition coefficient (Wildman–Crippen LogP) is 2.45. The van der Waals surface area contributed by atoms with Gasteiger partial charge in [-0.25, -0.2) is 0 Å². The monoisotopic (exact) mass is 217 g/mol. The van der Waals surface area contributed by atoms with Gasteiger partial charge in [-0.3, -0.25) is 0 Å². The van der Waals surface area contributed by atoms with Gasteiger partial charge in [-0.1, -0.05) is 30.3 Å². The molecule has 1 aromatic carbocycles. The SMILES string of the molecule is CC1(C)OC[C@@H]([C@@H](C#N)c2ccccc2)O1. The van der Waals surface area contributed by atoms with E-state index < -0.39 is 5.79 Å². The first kappa shape index (κ1) is 11.1. The summed E-state index contributed by atoms with van der Waals surface area (Å²) in [6.07, 6.45) is -0.178. The molecule has 0 aliphatic carbocycles. The topological polar surface area (TPSA) is 42.2 Å². The molecule has 1 aliphatic rings.